The number of carbonyl (C=O) groups excluding carboxylic acids is 2. The van der Waals surface area contributed by atoms with Gasteiger partial charge in [0.25, 0.3) is 0 Å². The summed E-state index contributed by atoms with van der Waals surface area (Å²) in [6, 6.07) is 1.60. The molecule has 12 nitrogen and oxygen atoms in total. The van der Waals surface area contributed by atoms with Gasteiger partial charge in [-0.3, -0.25) is 14.2 Å². The average Bonchev–Trinajstić information content (AvgIpc) is 3.43. The summed E-state index contributed by atoms with van der Waals surface area (Å²) in [6.45, 7) is 7.42. The van der Waals surface area contributed by atoms with E-state index >= 15 is 0 Å². The van der Waals surface area contributed by atoms with Crippen LogP contribution < -0.4 is 15.9 Å². The van der Waals surface area contributed by atoms with Crippen molar-refractivity contribution in [2.24, 2.45) is 11.8 Å². The van der Waals surface area contributed by atoms with Gasteiger partial charge in [-0.15, -0.1) is 0 Å². The number of nitrogens with two attached hydrogens (primary N) is 1. The van der Waals surface area contributed by atoms with E-state index in [2.05, 4.69) is 20.1 Å². The first kappa shape index (κ1) is 40.8. The van der Waals surface area contributed by atoms with Crippen molar-refractivity contribution in [2.45, 2.75) is 134 Å². The number of alkyl halides is 6. The van der Waals surface area contributed by atoms with E-state index in [0.717, 1.165) is 0 Å². The number of pyridine rings is 1. The highest BCUT2D eigenvalue weighted by atomic mass is 31.2. The Kier molecular flexibility index (Phi) is 12.5. The van der Waals surface area contributed by atoms with Gasteiger partial charge in [0, 0.05) is 6.20 Å². The van der Waals surface area contributed by atoms with E-state index in [9.17, 15) is 40.5 Å². The van der Waals surface area contributed by atoms with E-state index in [1.165, 1.54) is 40.2 Å². The summed E-state index contributed by atoms with van der Waals surface area (Å²) < 4.78 is 112. The highest BCUT2D eigenvalue weighted by molar-refractivity contribution is 7.59. The van der Waals surface area contributed by atoms with Crippen LogP contribution >= 0.6 is 7.44 Å². The number of hydrogen-bond donors (Lipinski definition) is 3. The van der Waals surface area contributed by atoms with Gasteiger partial charge in [-0.05, 0) is 92.1 Å². The highest BCUT2D eigenvalue weighted by Crippen LogP contribution is 2.44. The van der Waals surface area contributed by atoms with Crippen LogP contribution in [0, 0.1) is 11.8 Å². The molecule has 19 heteroatoms. The lowest BCUT2D eigenvalue weighted by atomic mass is 9.87. The minimum Gasteiger partial charge on any atom is -0.461 e. The van der Waals surface area contributed by atoms with E-state index < -0.39 is 79.3 Å². The van der Waals surface area contributed by atoms with Gasteiger partial charge < -0.3 is 24.5 Å². The van der Waals surface area contributed by atoms with E-state index in [1.54, 1.807) is 17.6 Å². The Bertz CT molecular complexity index is 1500. The molecule has 2 aromatic heterocycles. The fourth-order valence-corrected chi connectivity index (χ4v) is 9.02. The van der Waals surface area contributed by atoms with Crippen molar-refractivity contribution >= 4 is 36.2 Å². The van der Waals surface area contributed by atoms with E-state index in [0.29, 0.717) is 16.9 Å². The zero-order chi connectivity index (χ0) is 38.0. The first-order valence-corrected chi connectivity index (χ1v) is 18.8. The van der Waals surface area contributed by atoms with Crippen LogP contribution in [0.2, 0.25) is 0 Å². The highest BCUT2D eigenvalue weighted by Gasteiger charge is 2.47. The third kappa shape index (κ3) is 10.8. The molecule has 0 bridgehead atoms. The maximum atomic E-state index is 14.6. The fraction of sp³-hybridized carbons (Fsp3) is 0.750. The third-order valence-electron chi connectivity index (χ3n) is 9.29. The molecule has 4 N–H and O–H groups in total. The predicted molar refractivity (Wildman–Crippen MR) is 175 cm³/mol. The number of esters is 2. The summed E-state index contributed by atoms with van der Waals surface area (Å²) in [6.07, 6.45) is -9.08. The van der Waals surface area contributed by atoms with Gasteiger partial charge >= 0.3 is 24.3 Å². The first-order valence-electron chi connectivity index (χ1n) is 16.9. The molecule has 2 aliphatic rings. The lowest BCUT2D eigenvalue weighted by molar-refractivity contribution is -0.190. The topological polar surface area (TPSA) is 160 Å². The van der Waals surface area contributed by atoms with Crippen molar-refractivity contribution in [3.05, 3.63) is 18.6 Å². The van der Waals surface area contributed by atoms with Crippen molar-refractivity contribution < 1.29 is 54.7 Å². The smallest absolute Gasteiger partial charge is 0.391 e. The zero-order valence-corrected chi connectivity index (χ0v) is 30.2. The number of ether oxygens (including phenoxy) is 3. The lowest BCUT2D eigenvalue weighted by Crippen LogP contribution is -2.55. The number of aromatic nitrogens is 3. The number of nitrogen functional groups attached to an aromatic ring is 1. The molecule has 0 aliphatic heterocycles. The van der Waals surface area contributed by atoms with Crippen molar-refractivity contribution in [3.8, 4) is 0 Å². The molecule has 0 aromatic carbocycles. The third-order valence-corrected chi connectivity index (χ3v) is 11.6. The monoisotopic (exact) mass is 756 g/mol. The Hall–Kier alpha value is -2.95. The molecule has 2 fully saturated rings. The van der Waals surface area contributed by atoms with Gasteiger partial charge in [0.1, 0.15) is 35.2 Å². The number of nitrogens with one attached hydrogen (secondary N) is 2. The lowest BCUT2D eigenvalue weighted by Gasteiger charge is -2.37. The predicted octanol–water partition coefficient (Wildman–Crippen LogP) is 6.63. The van der Waals surface area contributed by atoms with E-state index in [4.69, 9.17) is 19.9 Å². The fourth-order valence-electron chi connectivity index (χ4n) is 6.38. The number of halogens is 6. The molecule has 0 saturated heterocycles. The Morgan fingerprint density at radius 3 is 1.75 bits per heavy atom. The molecular weight excluding hydrogens is 709 g/mol. The van der Waals surface area contributed by atoms with Crippen LogP contribution in [0.3, 0.4) is 0 Å². The molecule has 0 radical (unpaired) electrons. The summed E-state index contributed by atoms with van der Waals surface area (Å²) in [5.41, 5.74) is 4.01. The maximum absolute atomic E-state index is 14.6. The minimum absolute atomic E-state index is 0.00965. The molecular formula is C32H47F6N6O6P. The molecule has 4 rings (SSSR count). The standard InChI is InChI=1S/C32H47F6N6O6P/c1-19(16-44-17-41-25-24(39)14-15-40-26(25)44)48-18-51(47,42-29(2,3)27(45)49-22-10-6-20(7-11-22)31(33,34)35)43-30(4,5)28(46)50-23-12-8-21(9-13-23)32(36,37)38/h14-15,17,19-23H,6-13,16,18H2,1-5H3,(H2,39,40)(H2,42,43,47)/t19-,20-,21-,22-,23-/m1/s1. The summed E-state index contributed by atoms with van der Waals surface area (Å²) in [7, 11) is -4.12. The van der Waals surface area contributed by atoms with E-state index in [1.807, 2.05) is 0 Å². The summed E-state index contributed by atoms with van der Waals surface area (Å²) in [4.78, 5) is 35.3. The van der Waals surface area contributed by atoms with Gasteiger partial charge in [-0.1, -0.05) is 0 Å². The van der Waals surface area contributed by atoms with E-state index in [-0.39, 0.29) is 57.9 Å². The van der Waals surface area contributed by atoms with Gasteiger partial charge in [0.05, 0.1) is 36.5 Å². The number of anilines is 1. The Balaban J connectivity index is 1.46. The molecule has 51 heavy (non-hydrogen) atoms. The molecule has 0 unspecified atom stereocenters. The minimum atomic E-state index is -4.34. The summed E-state index contributed by atoms with van der Waals surface area (Å²) in [5.74, 6) is -4.69. The van der Waals surface area contributed by atoms with Crippen LogP contribution in [0.4, 0.5) is 32.0 Å². The second kappa shape index (κ2) is 15.6. The second-order valence-corrected chi connectivity index (χ2v) is 16.8. The van der Waals surface area contributed by atoms with Crippen LogP contribution in [0.15, 0.2) is 18.6 Å². The average molecular weight is 757 g/mol. The molecule has 2 heterocycles. The molecule has 0 amide bonds. The molecule has 2 aliphatic carbocycles. The van der Waals surface area contributed by atoms with Crippen molar-refractivity contribution in [2.75, 3.05) is 12.1 Å². The normalized spacial score (nSPS) is 23.2. The van der Waals surface area contributed by atoms with Crippen molar-refractivity contribution in [1.82, 2.24) is 24.7 Å². The van der Waals surface area contributed by atoms with Gasteiger partial charge in [-0.25, -0.2) is 20.1 Å². The quantitative estimate of drug-likeness (QED) is 0.114. The zero-order valence-electron chi connectivity index (χ0n) is 29.3. The van der Waals surface area contributed by atoms with Crippen LogP contribution in [-0.2, 0) is 34.9 Å². The number of imidazole rings is 1. The SMILES string of the molecule is C[C@H](Cn1cnc2c(N)ccnc21)OCP(=O)(NC(C)(C)C(=O)O[C@H]1CC[C@H](C(F)(F)F)CC1)NC(C)(C)C(=O)O[C@H]1CC[C@H](C(F)(F)F)CC1. The first-order chi connectivity index (χ1) is 23.5. The molecule has 2 saturated carbocycles. The van der Waals surface area contributed by atoms with Crippen molar-refractivity contribution in [3.63, 3.8) is 0 Å². The van der Waals surface area contributed by atoms with Gasteiger partial charge in [-0.2, -0.15) is 26.3 Å². The van der Waals surface area contributed by atoms with Crippen LogP contribution in [-0.4, -0.2) is 74.6 Å². The number of carbonyl (C=O) groups is 2. The van der Waals surface area contributed by atoms with Gasteiger partial charge in [0.15, 0.2) is 5.65 Å². The number of hydrogen-bond acceptors (Lipinski definition) is 9. The Labute approximate surface area is 292 Å². The maximum Gasteiger partial charge on any atom is 0.391 e. The number of fused-ring (bicyclic) bond motifs is 1. The Morgan fingerprint density at radius 2 is 1.31 bits per heavy atom. The van der Waals surface area contributed by atoms with Crippen LogP contribution in [0.25, 0.3) is 11.2 Å². The number of rotatable bonds is 13. The molecule has 0 spiro atoms. The van der Waals surface area contributed by atoms with Crippen molar-refractivity contribution in [1.29, 1.82) is 0 Å². The second-order valence-electron chi connectivity index (χ2n) is 14.6. The molecule has 2 aromatic rings. The summed E-state index contributed by atoms with van der Waals surface area (Å²) >= 11 is 0. The van der Waals surface area contributed by atoms with Gasteiger partial charge in [0.2, 0.25) is 7.44 Å². The van der Waals surface area contributed by atoms with Crippen LogP contribution in [0.1, 0.15) is 86.0 Å². The summed E-state index contributed by atoms with van der Waals surface area (Å²) in [5, 5.41) is 5.53. The molecule has 1 atom stereocenters. The number of nitrogens with zero attached hydrogens (tertiary/aromatic N) is 3. The largest absolute Gasteiger partial charge is 0.461 e. The van der Waals surface area contributed by atoms with Crippen LogP contribution in [0.5, 0.6) is 0 Å². The Morgan fingerprint density at radius 1 is 0.863 bits per heavy atom. The molecule has 288 valence electrons.